The fraction of sp³-hybridized carbons (Fsp3) is 0.200. The maximum Gasteiger partial charge on any atom is 0.0673 e. The van der Waals surface area contributed by atoms with E-state index < -0.39 is 0 Å². The van der Waals surface area contributed by atoms with E-state index in [0.29, 0.717) is 20.1 Å². The lowest BCUT2D eigenvalue weighted by Crippen LogP contribution is -1.93. The maximum atomic E-state index is 6.51. The SMILES string of the molecule is Clc1c(CCCCCc2cc3ccccc3c(Cl)c2Cl)cc2ccccc2c1Cl. The van der Waals surface area contributed by atoms with E-state index in [0.717, 1.165) is 64.8 Å². The zero-order valence-electron chi connectivity index (χ0n) is 15.8. The van der Waals surface area contributed by atoms with Crippen LogP contribution in [0.2, 0.25) is 20.1 Å². The smallest absolute Gasteiger partial charge is 0.0673 e. The Balaban J connectivity index is 1.40. The Kier molecular flexibility index (Phi) is 6.56. The molecular formula is C25H20Cl4. The minimum Gasteiger partial charge on any atom is -0.0824 e. The predicted octanol–water partition coefficient (Wildman–Crippen LogP) is 9.56. The van der Waals surface area contributed by atoms with Crippen molar-refractivity contribution in [3.63, 3.8) is 0 Å². The zero-order valence-corrected chi connectivity index (χ0v) is 18.8. The van der Waals surface area contributed by atoms with Crippen molar-refractivity contribution in [3.8, 4) is 0 Å². The largest absolute Gasteiger partial charge is 0.0824 e. The first-order valence-corrected chi connectivity index (χ1v) is 11.3. The second-order valence-corrected chi connectivity index (χ2v) is 8.84. The molecule has 0 heterocycles. The fourth-order valence-electron chi connectivity index (χ4n) is 3.84. The molecule has 0 spiro atoms. The minimum atomic E-state index is 0.650. The molecule has 0 aliphatic rings. The highest BCUT2D eigenvalue weighted by molar-refractivity contribution is 6.46. The molecule has 4 aromatic carbocycles. The van der Waals surface area contributed by atoms with Crippen molar-refractivity contribution >= 4 is 67.9 Å². The summed E-state index contributed by atoms with van der Waals surface area (Å²) in [6.07, 6.45) is 5.01. The topological polar surface area (TPSA) is 0 Å². The van der Waals surface area contributed by atoms with Gasteiger partial charge in [0, 0.05) is 10.8 Å². The Morgan fingerprint density at radius 1 is 0.483 bits per heavy atom. The summed E-state index contributed by atoms with van der Waals surface area (Å²) in [5.74, 6) is 0. The quantitative estimate of drug-likeness (QED) is 0.250. The average molecular weight is 462 g/mol. The summed E-state index contributed by atoms with van der Waals surface area (Å²) in [4.78, 5) is 0. The lowest BCUT2D eigenvalue weighted by molar-refractivity contribution is 0.679. The monoisotopic (exact) mass is 460 g/mol. The van der Waals surface area contributed by atoms with E-state index in [1.54, 1.807) is 0 Å². The third-order valence-corrected chi connectivity index (χ3v) is 7.24. The van der Waals surface area contributed by atoms with Crippen LogP contribution in [0.15, 0.2) is 60.7 Å². The van der Waals surface area contributed by atoms with Crippen LogP contribution >= 0.6 is 46.4 Å². The van der Waals surface area contributed by atoms with Crippen molar-refractivity contribution in [2.24, 2.45) is 0 Å². The van der Waals surface area contributed by atoms with E-state index in [1.807, 2.05) is 36.4 Å². The summed E-state index contributed by atoms with van der Waals surface area (Å²) >= 11 is 26.0. The van der Waals surface area contributed by atoms with Gasteiger partial charge in [0.15, 0.2) is 0 Å². The standard InChI is InChI=1S/C25H20Cl4/c26-22-18(14-16-8-4-6-12-20(16)24(22)28)10-2-1-3-11-19-15-17-9-5-7-13-21(17)25(29)23(19)27/h4-9,12-15H,1-3,10-11H2. The van der Waals surface area contributed by atoms with Crippen LogP contribution in [0.3, 0.4) is 0 Å². The van der Waals surface area contributed by atoms with Gasteiger partial charge in [-0.3, -0.25) is 0 Å². The summed E-state index contributed by atoms with van der Waals surface area (Å²) in [6, 6.07) is 20.5. The molecule has 0 unspecified atom stereocenters. The Bertz CT molecular complexity index is 1090. The normalized spacial score (nSPS) is 11.4. The van der Waals surface area contributed by atoms with Gasteiger partial charge >= 0.3 is 0 Å². The van der Waals surface area contributed by atoms with Crippen molar-refractivity contribution < 1.29 is 0 Å². The maximum absolute atomic E-state index is 6.51. The summed E-state index contributed by atoms with van der Waals surface area (Å²) in [5.41, 5.74) is 2.23. The zero-order chi connectivity index (χ0) is 20.4. The van der Waals surface area contributed by atoms with Crippen LogP contribution in [0.4, 0.5) is 0 Å². The molecule has 0 amide bonds. The van der Waals surface area contributed by atoms with Crippen molar-refractivity contribution in [3.05, 3.63) is 91.9 Å². The van der Waals surface area contributed by atoms with Gasteiger partial charge in [0.1, 0.15) is 0 Å². The minimum absolute atomic E-state index is 0.650. The lowest BCUT2D eigenvalue weighted by atomic mass is 9.99. The van der Waals surface area contributed by atoms with Crippen LogP contribution in [0, 0.1) is 0 Å². The molecule has 0 N–H and O–H groups in total. The van der Waals surface area contributed by atoms with Crippen molar-refractivity contribution in [1.82, 2.24) is 0 Å². The average Bonchev–Trinajstić information content (AvgIpc) is 2.74. The molecule has 0 radical (unpaired) electrons. The molecule has 0 fully saturated rings. The van der Waals surface area contributed by atoms with Crippen molar-refractivity contribution in [2.75, 3.05) is 0 Å². The first-order chi connectivity index (χ1) is 14.1. The van der Waals surface area contributed by atoms with Crippen LogP contribution in [-0.4, -0.2) is 0 Å². The third-order valence-electron chi connectivity index (χ3n) is 5.40. The molecule has 0 nitrogen and oxygen atoms in total. The van der Waals surface area contributed by atoms with Gasteiger partial charge < -0.3 is 0 Å². The summed E-state index contributed by atoms with van der Waals surface area (Å²) < 4.78 is 0. The molecule has 0 aliphatic carbocycles. The molecule has 148 valence electrons. The Labute approximate surface area is 191 Å². The highest BCUT2D eigenvalue weighted by atomic mass is 35.5. The van der Waals surface area contributed by atoms with Gasteiger partial charge in [-0.15, -0.1) is 0 Å². The number of hydrogen-bond donors (Lipinski definition) is 0. The number of halogens is 4. The molecule has 0 saturated heterocycles. The second-order valence-electron chi connectivity index (χ2n) is 7.33. The van der Waals surface area contributed by atoms with Gasteiger partial charge in [0.2, 0.25) is 0 Å². The number of unbranched alkanes of at least 4 members (excludes halogenated alkanes) is 2. The number of hydrogen-bond acceptors (Lipinski definition) is 0. The van der Waals surface area contributed by atoms with Crippen molar-refractivity contribution in [2.45, 2.75) is 32.1 Å². The van der Waals surface area contributed by atoms with E-state index in [4.69, 9.17) is 46.4 Å². The van der Waals surface area contributed by atoms with E-state index >= 15 is 0 Å². The lowest BCUT2D eigenvalue weighted by Gasteiger charge is -2.11. The number of rotatable bonds is 6. The molecule has 0 bridgehead atoms. The molecule has 0 aliphatic heterocycles. The first kappa shape index (κ1) is 20.8. The van der Waals surface area contributed by atoms with Crippen LogP contribution in [0.5, 0.6) is 0 Å². The summed E-state index contributed by atoms with van der Waals surface area (Å²) in [7, 11) is 0. The van der Waals surface area contributed by atoms with Crippen LogP contribution in [0.1, 0.15) is 30.4 Å². The Hall–Kier alpha value is -1.44. The van der Waals surface area contributed by atoms with E-state index in [2.05, 4.69) is 24.3 Å². The van der Waals surface area contributed by atoms with Gasteiger partial charge in [-0.05, 0) is 59.7 Å². The van der Waals surface area contributed by atoms with Crippen LogP contribution < -0.4 is 0 Å². The van der Waals surface area contributed by atoms with E-state index in [9.17, 15) is 0 Å². The highest BCUT2D eigenvalue weighted by Gasteiger charge is 2.11. The fourth-order valence-corrected chi connectivity index (χ4v) is 4.93. The van der Waals surface area contributed by atoms with E-state index in [-0.39, 0.29) is 0 Å². The predicted molar refractivity (Wildman–Crippen MR) is 129 cm³/mol. The van der Waals surface area contributed by atoms with Gasteiger partial charge in [0.05, 0.1) is 20.1 Å². The number of benzene rings is 4. The molecule has 29 heavy (non-hydrogen) atoms. The Morgan fingerprint density at radius 2 is 0.897 bits per heavy atom. The van der Waals surface area contributed by atoms with Gasteiger partial charge in [-0.1, -0.05) is 101 Å². The molecule has 4 rings (SSSR count). The number of aryl methyl sites for hydroxylation is 2. The summed E-state index contributed by atoms with van der Waals surface area (Å²) in [6.45, 7) is 0. The van der Waals surface area contributed by atoms with Gasteiger partial charge in [0.25, 0.3) is 0 Å². The van der Waals surface area contributed by atoms with Crippen LogP contribution in [-0.2, 0) is 12.8 Å². The van der Waals surface area contributed by atoms with Crippen molar-refractivity contribution in [1.29, 1.82) is 0 Å². The van der Waals surface area contributed by atoms with Gasteiger partial charge in [-0.25, -0.2) is 0 Å². The molecule has 0 saturated carbocycles. The molecule has 4 aromatic rings. The molecular weight excluding hydrogens is 442 g/mol. The highest BCUT2D eigenvalue weighted by Crippen LogP contribution is 2.36. The molecule has 4 heteroatoms. The van der Waals surface area contributed by atoms with E-state index in [1.165, 1.54) is 0 Å². The number of fused-ring (bicyclic) bond motifs is 2. The Morgan fingerprint density at radius 3 is 1.34 bits per heavy atom. The third kappa shape index (κ3) is 4.37. The first-order valence-electron chi connectivity index (χ1n) is 9.77. The second kappa shape index (κ2) is 9.14. The summed E-state index contributed by atoms with van der Waals surface area (Å²) in [5, 5.41) is 6.93. The van der Waals surface area contributed by atoms with Crippen LogP contribution in [0.25, 0.3) is 21.5 Å². The van der Waals surface area contributed by atoms with Gasteiger partial charge in [-0.2, -0.15) is 0 Å². The molecule has 0 atom stereocenters. The molecule has 0 aromatic heterocycles.